The van der Waals surface area contributed by atoms with Gasteiger partial charge in [-0.1, -0.05) is 13.0 Å². The van der Waals surface area contributed by atoms with Gasteiger partial charge in [-0.15, -0.1) is 0 Å². The van der Waals surface area contributed by atoms with Crippen LogP contribution < -0.4 is 10.9 Å². The molecule has 0 spiro atoms. The van der Waals surface area contributed by atoms with Gasteiger partial charge >= 0.3 is 0 Å². The van der Waals surface area contributed by atoms with Crippen molar-refractivity contribution in [2.45, 2.75) is 27.2 Å². The van der Waals surface area contributed by atoms with Gasteiger partial charge in [-0.05, 0) is 38.0 Å². The van der Waals surface area contributed by atoms with Crippen molar-refractivity contribution in [2.24, 2.45) is 0 Å². The molecule has 0 saturated carbocycles. The topological polar surface area (TPSA) is 71.2 Å². The van der Waals surface area contributed by atoms with E-state index >= 15 is 0 Å². The zero-order chi connectivity index (χ0) is 15.4. The second-order valence-corrected chi connectivity index (χ2v) is 4.86. The lowest BCUT2D eigenvalue weighted by Gasteiger charge is -2.10. The highest BCUT2D eigenvalue weighted by atomic mass is 16.5. The highest BCUT2D eigenvalue weighted by Gasteiger charge is 2.09. The van der Waals surface area contributed by atoms with Crippen molar-refractivity contribution in [3.8, 4) is 0 Å². The summed E-state index contributed by atoms with van der Waals surface area (Å²) >= 11 is 0. The fourth-order valence-corrected chi connectivity index (χ4v) is 2.40. The van der Waals surface area contributed by atoms with Gasteiger partial charge in [0, 0.05) is 23.2 Å². The lowest BCUT2D eigenvalue weighted by molar-refractivity contribution is -0.120. The van der Waals surface area contributed by atoms with Crippen LogP contribution in [0.25, 0.3) is 10.9 Å². The van der Waals surface area contributed by atoms with E-state index < -0.39 is 0 Å². The number of H-pyrrole nitrogens is 1. The number of nitrogens with one attached hydrogen (secondary N) is 2. The Kier molecular flexibility index (Phi) is 4.75. The van der Waals surface area contributed by atoms with E-state index in [1.165, 1.54) is 0 Å². The zero-order valence-electron chi connectivity index (χ0n) is 12.6. The molecule has 1 heterocycles. The molecule has 1 amide bonds. The summed E-state index contributed by atoms with van der Waals surface area (Å²) in [7, 11) is 0. The van der Waals surface area contributed by atoms with Crippen LogP contribution in [0.5, 0.6) is 0 Å². The number of amides is 1. The Bertz CT molecular complexity index is 719. The fraction of sp³-hybridized carbons (Fsp3) is 0.375. The summed E-state index contributed by atoms with van der Waals surface area (Å²) in [5, 5.41) is 3.75. The summed E-state index contributed by atoms with van der Waals surface area (Å²) in [6.45, 7) is 6.27. The van der Waals surface area contributed by atoms with Crippen molar-refractivity contribution in [3.05, 3.63) is 39.7 Å². The maximum atomic E-state index is 12.0. The zero-order valence-corrected chi connectivity index (χ0v) is 12.6. The molecule has 0 atom stereocenters. The van der Waals surface area contributed by atoms with Gasteiger partial charge in [0.05, 0.1) is 5.52 Å². The Hall–Kier alpha value is -2.14. The van der Waals surface area contributed by atoms with E-state index in [9.17, 15) is 9.59 Å². The van der Waals surface area contributed by atoms with Gasteiger partial charge in [0.25, 0.3) is 5.56 Å². The fourth-order valence-electron chi connectivity index (χ4n) is 2.40. The van der Waals surface area contributed by atoms with E-state index in [0.29, 0.717) is 18.7 Å². The number of fused-ring (bicyclic) bond motifs is 1. The molecule has 0 aliphatic heterocycles. The first-order chi connectivity index (χ1) is 10.1. The molecule has 5 nitrogen and oxygen atoms in total. The van der Waals surface area contributed by atoms with E-state index in [4.69, 9.17) is 4.74 Å². The molecule has 1 aromatic carbocycles. The van der Waals surface area contributed by atoms with Crippen LogP contribution in [0.3, 0.4) is 0 Å². The Labute approximate surface area is 123 Å². The van der Waals surface area contributed by atoms with Gasteiger partial charge in [-0.3, -0.25) is 9.59 Å². The van der Waals surface area contributed by atoms with Crippen LogP contribution in [0.15, 0.2) is 23.0 Å². The van der Waals surface area contributed by atoms with Gasteiger partial charge in [0.1, 0.15) is 6.61 Å². The summed E-state index contributed by atoms with van der Waals surface area (Å²) in [5.41, 5.74) is 3.09. The first-order valence-electron chi connectivity index (χ1n) is 7.09. The van der Waals surface area contributed by atoms with Gasteiger partial charge < -0.3 is 15.0 Å². The number of carbonyl (C=O) groups is 1. The lowest BCUT2D eigenvalue weighted by Crippen LogP contribution is -2.18. The number of benzene rings is 1. The SMILES string of the molecule is CCOCC(=O)Nc1ccc2c(C)c(CC)c(=O)[nH]c2c1. The Balaban J connectivity index is 2.34. The molecule has 5 heteroatoms. The summed E-state index contributed by atoms with van der Waals surface area (Å²) in [6, 6.07) is 5.51. The molecule has 0 unspecified atom stereocenters. The van der Waals surface area contributed by atoms with E-state index in [1.54, 1.807) is 6.07 Å². The van der Waals surface area contributed by atoms with Crippen molar-refractivity contribution in [1.29, 1.82) is 0 Å². The molecule has 2 N–H and O–H groups in total. The van der Waals surface area contributed by atoms with E-state index in [-0.39, 0.29) is 18.1 Å². The van der Waals surface area contributed by atoms with Crippen LogP contribution >= 0.6 is 0 Å². The normalized spacial score (nSPS) is 10.8. The van der Waals surface area contributed by atoms with Gasteiger partial charge in [-0.25, -0.2) is 0 Å². The minimum atomic E-state index is -0.208. The molecule has 0 fully saturated rings. The number of anilines is 1. The van der Waals surface area contributed by atoms with E-state index in [0.717, 1.165) is 22.0 Å². The number of rotatable bonds is 5. The molecule has 0 aliphatic rings. The molecule has 0 bridgehead atoms. The summed E-state index contributed by atoms with van der Waals surface area (Å²) < 4.78 is 5.05. The van der Waals surface area contributed by atoms with E-state index in [2.05, 4.69) is 10.3 Å². The van der Waals surface area contributed by atoms with Crippen LogP contribution in [0.1, 0.15) is 25.0 Å². The van der Waals surface area contributed by atoms with Crippen molar-refractivity contribution in [3.63, 3.8) is 0 Å². The van der Waals surface area contributed by atoms with Gasteiger partial charge in [0.15, 0.2) is 0 Å². The number of hydrogen-bond donors (Lipinski definition) is 2. The second kappa shape index (κ2) is 6.54. The van der Waals surface area contributed by atoms with Crippen molar-refractivity contribution in [2.75, 3.05) is 18.5 Å². The van der Waals surface area contributed by atoms with Crippen LogP contribution in [0.4, 0.5) is 5.69 Å². The molecule has 1 aromatic heterocycles. The molecule has 112 valence electrons. The smallest absolute Gasteiger partial charge is 0.251 e. The summed E-state index contributed by atoms with van der Waals surface area (Å²) in [5.74, 6) is -0.208. The number of hydrogen-bond acceptors (Lipinski definition) is 3. The van der Waals surface area contributed by atoms with Crippen LogP contribution in [0, 0.1) is 6.92 Å². The number of pyridine rings is 1. The predicted octanol–water partition coefficient (Wildman–Crippen LogP) is 2.37. The predicted molar refractivity (Wildman–Crippen MR) is 83.8 cm³/mol. The Morgan fingerprint density at radius 1 is 1.33 bits per heavy atom. The highest BCUT2D eigenvalue weighted by Crippen LogP contribution is 2.21. The number of aromatic amines is 1. The number of aryl methyl sites for hydroxylation is 1. The third kappa shape index (κ3) is 3.31. The van der Waals surface area contributed by atoms with Crippen LogP contribution in [-0.4, -0.2) is 24.1 Å². The van der Waals surface area contributed by atoms with Crippen molar-refractivity contribution in [1.82, 2.24) is 4.98 Å². The summed E-state index contributed by atoms with van der Waals surface area (Å²) in [4.78, 5) is 26.5. The molecule has 0 radical (unpaired) electrons. The van der Waals surface area contributed by atoms with Crippen LogP contribution in [-0.2, 0) is 16.0 Å². The highest BCUT2D eigenvalue weighted by molar-refractivity contribution is 5.94. The molecule has 2 aromatic rings. The number of aromatic nitrogens is 1. The first-order valence-corrected chi connectivity index (χ1v) is 7.09. The second-order valence-electron chi connectivity index (χ2n) is 4.86. The molecular formula is C16H20N2O3. The average Bonchev–Trinajstić information content (AvgIpc) is 2.45. The summed E-state index contributed by atoms with van der Waals surface area (Å²) in [6.07, 6.45) is 0.698. The molecule has 0 saturated heterocycles. The largest absolute Gasteiger partial charge is 0.372 e. The van der Waals surface area contributed by atoms with Gasteiger partial charge in [-0.2, -0.15) is 0 Å². The quantitative estimate of drug-likeness (QED) is 0.887. The standard InChI is InChI=1S/C16H20N2O3/c1-4-12-10(3)13-7-6-11(8-14(13)18-16(12)20)17-15(19)9-21-5-2/h6-8H,4-5,9H2,1-3H3,(H,17,19)(H,18,20). The maximum Gasteiger partial charge on any atom is 0.251 e. The van der Waals surface area contributed by atoms with Crippen molar-refractivity contribution >= 4 is 22.5 Å². The molecule has 2 rings (SSSR count). The maximum absolute atomic E-state index is 12.0. The monoisotopic (exact) mass is 288 g/mol. The average molecular weight is 288 g/mol. The van der Waals surface area contributed by atoms with Crippen LogP contribution in [0.2, 0.25) is 0 Å². The Morgan fingerprint density at radius 2 is 2.10 bits per heavy atom. The first kappa shape index (κ1) is 15.3. The Morgan fingerprint density at radius 3 is 2.76 bits per heavy atom. The third-order valence-electron chi connectivity index (χ3n) is 3.47. The number of ether oxygens (including phenoxy) is 1. The minimum absolute atomic E-state index is 0.0266. The lowest BCUT2D eigenvalue weighted by atomic mass is 10.0. The third-order valence-corrected chi connectivity index (χ3v) is 3.47. The van der Waals surface area contributed by atoms with E-state index in [1.807, 2.05) is 32.9 Å². The number of carbonyl (C=O) groups excluding carboxylic acids is 1. The van der Waals surface area contributed by atoms with Crippen molar-refractivity contribution < 1.29 is 9.53 Å². The molecule has 21 heavy (non-hydrogen) atoms. The molecular weight excluding hydrogens is 268 g/mol. The molecule has 0 aliphatic carbocycles. The minimum Gasteiger partial charge on any atom is -0.372 e. The van der Waals surface area contributed by atoms with Gasteiger partial charge in [0.2, 0.25) is 5.91 Å².